The SMILES string of the molecule is COc1nc(/C=C/c2nc3n(n2)CCC[C@H]3c2ccccc2C(F)(F)F)ccc1-n1cnc(C)c1.O=C(O)C(O)C(O)C(=O)O. The highest BCUT2D eigenvalue weighted by atomic mass is 19.4. The van der Waals surface area contributed by atoms with Gasteiger partial charge in [-0.25, -0.2) is 29.2 Å². The smallest absolute Gasteiger partial charge is 0.416 e. The normalized spacial score (nSPS) is 15.9. The molecule has 5 rings (SSSR count). The maximum atomic E-state index is 13.6. The number of benzene rings is 1. The molecule has 0 saturated carbocycles. The molecule has 4 heterocycles. The molecular formula is C29H29F3N6O7. The van der Waals surface area contributed by atoms with E-state index in [2.05, 4.69) is 20.1 Å². The predicted octanol–water partition coefficient (Wildman–Crippen LogP) is 3.17. The average molecular weight is 631 g/mol. The molecule has 4 aromatic rings. The van der Waals surface area contributed by atoms with Crippen LogP contribution >= 0.6 is 0 Å². The number of imidazole rings is 1. The van der Waals surface area contributed by atoms with Crippen LogP contribution in [0.4, 0.5) is 13.2 Å². The quantitative estimate of drug-likeness (QED) is 0.224. The molecule has 16 heteroatoms. The average Bonchev–Trinajstić information content (AvgIpc) is 3.64. The lowest BCUT2D eigenvalue weighted by Crippen LogP contribution is -2.39. The van der Waals surface area contributed by atoms with Gasteiger partial charge in [0.25, 0.3) is 0 Å². The van der Waals surface area contributed by atoms with E-state index >= 15 is 0 Å². The van der Waals surface area contributed by atoms with Gasteiger partial charge in [0.05, 0.1) is 30.4 Å². The maximum Gasteiger partial charge on any atom is 0.416 e. The molecular weight excluding hydrogens is 601 g/mol. The summed E-state index contributed by atoms with van der Waals surface area (Å²) < 4.78 is 49.8. The molecule has 0 aliphatic carbocycles. The molecule has 2 unspecified atom stereocenters. The van der Waals surface area contributed by atoms with Gasteiger partial charge in [-0.05, 0) is 55.7 Å². The van der Waals surface area contributed by atoms with Crippen molar-refractivity contribution < 1.29 is 47.9 Å². The zero-order valence-electron chi connectivity index (χ0n) is 24.0. The van der Waals surface area contributed by atoms with Crippen LogP contribution < -0.4 is 4.74 Å². The minimum absolute atomic E-state index is 0.237. The number of aryl methyl sites for hydroxylation is 2. The zero-order chi connectivity index (χ0) is 32.9. The van der Waals surface area contributed by atoms with E-state index in [0.29, 0.717) is 36.2 Å². The number of hydrogen-bond donors (Lipinski definition) is 4. The number of aliphatic hydroxyl groups is 2. The number of carboxylic acids is 2. The van der Waals surface area contributed by atoms with Crippen LogP contribution in [0, 0.1) is 6.92 Å². The minimum atomic E-state index is -4.42. The summed E-state index contributed by atoms with van der Waals surface area (Å²) in [5.74, 6) is -2.60. The second kappa shape index (κ2) is 13.7. The second-order valence-corrected chi connectivity index (χ2v) is 9.92. The molecule has 0 spiro atoms. The summed E-state index contributed by atoms with van der Waals surface area (Å²) in [6, 6.07) is 9.42. The third-order valence-electron chi connectivity index (χ3n) is 6.79. The molecule has 13 nitrogen and oxygen atoms in total. The number of carboxylic acid groups (broad SMARTS) is 2. The van der Waals surface area contributed by atoms with Crippen LogP contribution in [0.5, 0.6) is 5.88 Å². The first-order valence-electron chi connectivity index (χ1n) is 13.5. The number of methoxy groups -OCH3 is 1. The van der Waals surface area contributed by atoms with E-state index in [-0.39, 0.29) is 5.56 Å². The number of aliphatic carboxylic acids is 2. The van der Waals surface area contributed by atoms with Crippen molar-refractivity contribution in [2.24, 2.45) is 0 Å². The Morgan fingerprint density at radius 1 is 1.04 bits per heavy atom. The van der Waals surface area contributed by atoms with Crippen molar-refractivity contribution in [3.05, 3.63) is 83.1 Å². The molecule has 0 saturated heterocycles. The fraction of sp³-hybridized carbons (Fsp3) is 0.310. The summed E-state index contributed by atoms with van der Waals surface area (Å²) in [6.45, 7) is 2.52. The fourth-order valence-electron chi connectivity index (χ4n) is 4.66. The number of halogens is 3. The number of alkyl halides is 3. The molecule has 1 aromatic carbocycles. The first-order valence-corrected chi connectivity index (χ1v) is 13.5. The van der Waals surface area contributed by atoms with E-state index in [1.54, 1.807) is 36.3 Å². The lowest BCUT2D eigenvalue weighted by Gasteiger charge is -2.25. The van der Waals surface area contributed by atoms with Crippen molar-refractivity contribution in [3.8, 4) is 11.6 Å². The summed E-state index contributed by atoms with van der Waals surface area (Å²) in [4.78, 5) is 32.9. The van der Waals surface area contributed by atoms with Gasteiger partial charge in [0.2, 0.25) is 5.88 Å². The van der Waals surface area contributed by atoms with Crippen molar-refractivity contribution in [2.45, 2.75) is 50.6 Å². The Hall–Kier alpha value is -5.09. The predicted molar refractivity (Wildman–Crippen MR) is 151 cm³/mol. The van der Waals surface area contributed by atoms with E-state index in [1.807, 2.05) is 29.8 Å². The lowest BCUT2D eigenvalue weighted by molar-refractivity contribution is -0.165. The van der Waals surface area contributed by atoms with Crippen molar-refractivity contribution in [1.29, 1.82) is 0 Å². The number of aliphatic hydroxyl groups excluding tert-OH is 2. The number of aromatic nitrogens is 6. The highest BCUT2D eigenvalue weighted by molar-refractivity contribution is 5.83. The number of nitrogens with zero attached hydrogens (tertiary/aromatic N) is 6. The van der Waals surface area contributed by atoms with E-state index in [1.165, 1.54) is 12.1 Å². The highest BCUT2D eigenvalue weighted by Gasteiger charge is 2.37. The first kappa shape index (κ1) is 32.8. The second-order valence-electron chi connectivity index (χ2n) is 9.92. The van der Waals surface area contributed by atoms with Gasteiger partial charge in [-0.15, -0.1) is 0 Å². The molecule has 1 aliphatic heterocycles. The summed E-state index contributed by atoms with van der Waals surface area (Å²) in [5.41, 5.74) is 1.88. The molecule has 0 fully saturated rings. The zero-order valence-corrected chi connectivity index (χ0v) is 24.0. The van der Waals surface area contributed by atoms with Gasteiger partial charge in [0, 0.05) is 18.7 Å². The third-order valence-corrected chi connectivity index (χ3v) is 6.79. The number of ether oxygens (including phenoxy) is 1. The Morgan fingerprint density at radius 3 is 2.33 bits per heavy atom. The third kappa shape index (κ3) is 7.71. The van der Waals surface area contributed by atoms with Crippen molar-refractivity contribution >= 4 is 24.1 Å². The van der Waals surface area contributed by atoms with E-state index < -0.39 is 41.8 Å². The van der Waals surface area contributed by atoms with E-state index in [9.17, 15) is 22.8 Å². The van der Waals surface area contributed by atoms with Crippen LogP contribution in [-0.2, 0) is 22.3 Å². The Bertz CT molecular complexity index is 1680. The van der Waals surface area contributed by atoms with Gasteiger partial charge in [-0.2, -0.15) is 18.3 Å². The number of carbonyl (C=O) groups is 2. The Balaban J connectivity index is 0.000000399. The van der Waals surface area contributed by atoms with E-state index in [0.717, 1.165) is 23.9 Å². The fourth-order valence-corrected chi connectivity index (χ4v) is 4.66. The van der Waals surface area contributed by atoms with Crippen molar-refractivity contribution in [1.82, 2.24) is 29.3 Å². The number of rotatable bonds is 8. The topological polar surface area (TPSA) is 186 Å². The van der Waals surface area contributed by atoms with Gasteiger partial charge in [-0.1, -0.05) is 18.2 Å². The molecule has 238 valence electrons. The summed E-state index contributed by atoms with van der Waals surface area (Å²) in [5, 5.41) is 37.0. The van der Waals surface area contributed by atoms with Gasteiger partial charge in [0.1, 0.15) is 11.5 Å². The number of pyridine rings is 1. The molecule has 45 heavy (non-hydrogen) atoms. The van der Waals surface area contributed by atoms with Crippen LogP contribution in [-0.4, -0.2) is 81.0 Å². The maximum absolute atomic E-state index is 13.6. The Labute approximate surface area is 253 Å². The van der Waals surface area contributed by atoms with Crippen molar-refractivity contribution in [2.75, 3.05) is 7.11 Å². The molecule has 0 radical (unpaired) electrons. The molecule has 0 amide bonds. The van der Waals surface area contributed by atoms with Crippen LogP contribution in [0.1, 0.15) is 52.9 Å². The van der Waals surface area contributed by atoms with E-state index in [4.69, 9.17) is 25.2 Å². The summed E-state index contributed by atoms with van der Waals surface area (Å²) in [6.07, 6.45) is -0.609. The van der Waals surface area contributed by atoms with Crippen LogP contribution in [0.15, 0.2) is 48.9 Å². The molecule has 3 aromatic heterocycles. The monoisotopic (exact) mass is 630 g/mol. The Morgan fingerprint density at radius 2 is 1.73 bits per heavy atom. The molecule has 4 N–H and O–H groups in total. The minimum Gasteiger partial charge on any atom is -0.479 e. The van der Waals surface area contributed by atoms with Gasteiger partial charge >= 0.3 is 18.1 Å². The van der Waals surface area contributed by atoms with Gasteiger partial charge in [-0.3, -0.25) is 0 Å². The molecule has 1 aliphatic rings. The standard InChI is InChI=1S/C25H23F3N6O.C4H6O6/c1-16-14-33(15-29-16)21-11-9-17(30-24(21)35-2)10-12-22-31-23-19(7-5-13-34(23)32-22)18-6-3-4-8-20(18)25(26,27)28;5-1(3(7)8)2(6)4(9)10/h3-4,6,8-12,14-15,19H,5,7,13H2,1-2H3;1-2,5-6H,(H,7,8)(H,9,10)/b12-10+;/t19-;/m0./s1. The lowest BCUT2D eigenvalue weighted by atomic mass is 9.88. The van der Waals surface area contributed by atoms with Crippen LogP contribution in [0.2, 0.25) is 0 Å². The largest absolute Gasteiger partial charge is 0.479 e. The summed E-state index contributed by atoms with van der Waals surface area (Å²) in [7, 11) is 1.55. The van der Waals surface area contributed by atoms with Gasteiger partial charge < -0.3 is 29.7 Å². The van der Waals surface area contributed by atoms with Crippen molar-refractivity contribution in [3.63, 3.8) is 0 Å². The molecule has 3 atom stereocenters. The number of hydrogen-bond acceptors (Lipinski definition) is 9. The summed E-state index contributed by atoms with van der Waals surface area (Å²) >= 11 is 0. The van der Waals surface area contributed by atoms with Crippen LogP contribution in [0.25, 0.3) is 17.8 Å². The Kier molecular flexibility index (Phi) is 9.98. The van der Waals surface area contributed by atoms with Gasteiger partial charge in [0.15, 0.2) is 18.0 Å². The highest BCUT2D eigenvalue weighted by Crippen LogP contribution is 2.40. The first-order chi connectivity index (χ1) is 21.3. The molecule has 0 bridgehead atoms. The number of fused-ring (bicyclic) bond motifs is 1. The van der Waals surface area contributed by atoms with Crippen LogP contribution in [0.3, 0.4) is 0 Å².